The number of rotatable bonds is 4. The summed E-state index contributed by atoms with van der Waals surface area (Å²) in [6, 6.07) is 10.8. The highest BCUT2D eigenvalue weighted by Crippen LogP contribution is 2.31. The lowest BCUT2D eigenvalue weighted by molar-refractivity contribution is 0.102. The van der Waals surface area contributed by atoms with Crippen LogP contribution in [0.3, 0.4) is 0 Å². The van der Waals surface area contributed by atoms with Crippen molar-refractivity contribution in [3.05, 3.63) is 68.9 Å². The van der Waals surface area contributed by atoms with Crippen molar-refractivity contribution in [2.75, 3.05) is 23.7 Å². The Kier molecular flexibility index (Phi) is 6.66. The predicted molar refractivity (Wildman–Crippen MR) is 123 cm³/mol. The molecule has 0 bridgehead atoms. The third-order valence-corrected chi connectivity index (χ3v) is 6.78. The van der Waals surface area contributed by atoms with E-state index in [-0.39, 0.29) is 28.7 Å². The predicted octanol–water partition coefficient (Wildman–Crippen LogP) is 5.30. The van der Waals surface area contributed by atoms with E-state index in [1.807, 2.05) is 19.1 Å². The number of hydrogen-bond donors (Lipinski definition) is 2. The molecule has 32 heavy (non-hydrogen) atoms. The van der Waals surface area contributed by atoms with Gasteiger partial charge < -0.3 is 15.5 Å². The average Bonchev–Trinajstić information content (AvgIpc) is 3.28. The number of hydrogen-bond acceptors (Lipinski definition) is 5. The number of nitrogens with zero attached hydrogens (tertiary/aromatic N) is 3. The largest absolute Gasteiger partial charge is 0.324 e. The van der Waals surface area contributed by atoms with Crippen LogP contribution in [0.5, 0.6) is 0 Å². The van der Waals surface area contributed by atoms with Gasteiger partial charge in [-0.25, -0.2) is 9.18 Å². The van der Waals surface area contributed by atoms with Crippen LogP contribution >= 0.6 is 22.9 Å². The monoisotopic (exact) mass is 473 g/mol. The van der Waals surface area contributed by atoms with Gasteiger partial charge in [0.1, 0.15) is 10.8 Å². The second-order valence-corrected chi connectivity index (χ2v) is 8.98. The number of carbonyl (C=O) groups is 2. The molecule has 0 unspecified atom stereocenters. The molecule has 1 aliphatic rings. The zero-order valence-electron chi connectivity index (χ0n) is 17.3. The molecule has 0 radical (unpaired) electrons. The Morgan fingerprint density at radius 1 is 1.06 bits per heavy atom. The number of nitrogens with one attached hydrogen (secondary N) is 2. The van der Waals surface area contributed by atoms with Crippen LogP contribution in [0.15, 0.2) is 42.5 Å². The fourth-order valence-corrected chi connectivity index (χ4v) is 4.50. The number of carbonyl (C=O) groups excluding carboxylic acids is 2. The van der Waals surface area contributed by atoms with E-state index < -0.39 is 0 Å². The van der Waals surface area contributed by atoms with Gasteiger partial charge in [-0.3, -0.25) is 4.79 Å². The number of aromatic nitrogens is 2. The van der Waals surface area contributed by atoms with E-state index in [1.165, 1.54) is 35.6 Å². The van der Waals surface area contributed by atoms with E-state index in [0.717, 1.165) is 23.4 Å². The van der Waals surface area contributed by atoms with Crippen LogP contribution in [0, 0.1) is 12.7 Å². The molecule has 0 spiro atoms. The van der Waals surface area contributed by atoms with E-state index >= 15 is 0 Å². The van der Waals surface area contributed by atoms with Gasteiger partial charge in [-0.15, -0.1) is 10.2 Å². The Morgan fingerprint density at radius 3 is 2.44 bits per heavy atom. The van der Waals surface area contributed by atoms with Crippen molar-refractivity contribution in [3.8, 4) is 0 Å². The third kappa shape index (κ3) is 5.23. The zero-order valence-corrected chi connectivity index (χ0v) is 18.8. The summed E-state index contributed by atoms with van der Waals surface area (Å²) in [5, 5.41) is 15.4. The van der Waals surface area contributed by atoms with Crippen LogP contribution in [0.2, 0.25) is 5.02 Å². The molecule has 0 saturated carbocycles. The van der Waals surface area contributed by atoms with Crippen molar-refractivity contribution in [3.63, 3.8) is 0 Å². The van der Waals surface area contributed by atoms with Crippen molar-refractivity contribution >= 4 is 46.3 Å². The molecule has 3 amide bonds. The molecule has 1 saturated heterocycles. The second kappa shape index (κ2) is 9.62. The molecule has 3 aromatic rings. The molecule has 166 valence electrons. The van der Waals surface area contributed by atoms with Gasteiger partial charge in [0, 0.05) is 35.4 Å². The Bertz CT molecular complexity index is 1130. The first-order valence-electron chi connectivity index (χ1n) is 10.1. The molecule has 0 aliphatic carbocycles. The summed E-state index contributed by atoms with van der Waals surface area (Å²) in [5.41, 5.74) is 2.10. The summed E-state index contributed by atoms with van der Waals surface area (Å²) in [6.45, 7) is 3.06. The Hall–Kier alpha value is -3.04. The fraction of sp³-hybridized carbons (Fsp3) is 0.273. The summed E-state index contributed by atoms with van der Waals surface area (Å²) >= 11 is 7.37. The Balaban J connectivity index is 1.31. The highest BCUT2D eigenvalue weighted by atomic mass is 35.5. The molecule has 10 heteroatoms. The average molecular weight is 474 g/mol. The van der Waals surface area contributed by atoms with E-state index in [4.69, 9.17) is 11.6 Å². The SMILES string of the molecule is Cc1ccc(NC(=O)N2CCC(c3nnc(C(=O)Nc4ccc(F)cc4)s3)CC2)cc1Cl. The lowest BCUT2D eigenvalue weighted by Gasteiger charge is -2.31. The van der Waals surface area contributed by atoms with Crippen molar-refractivity contribution < 1.29 is 14.0 Å². The van der Waals surface area contributed by atoms with Crippen molar-refractivity contribution in [2.24, 2.45) is 0 Å². The second-order valence-electron chi connectivity index (χ2n) is 7.56. The first-order chi connectivity index (χ1) is 15.4. The van der Waals surface area contributed by atoms with E-state index in [2.05, 4.69) is 20.8 Å². The van der Waals surface area contributed by atoms with Gasteiger partial charge in [0.2, 0.25) is 5.01 Å². The van der Waals surface area contributed by atoms with Crippen molar-refractivity contribution in [2.45, 2.75) is 25.7 Å². The maximum absolute atomic E-state index is 13.0. The van der Waals surface area contributed by atoms with Gasteiger partial charge in [-0.2, -0.15) is 0 Å². The number of halogens is 2. The van der Waals surface area contributed by atoms with E-state index in [9.17, 15) is 14.0 Å². The molecule has 4 rings (SSSR count). The number of likely N-dealkylation sites (tertiary alicyclic amines) is 1. The maximum atomic E-state index is 13.0. The number of benzene rings is 2. The topological polar surface area (TPSA) is 87.2 Å². The molecule has 1 aliphatic heterocycles. The van der Waals surface area contributed by atoms with Gasteiger partial charge in [-0.05, 0) is 61.7 Å². The highest BCUT2D eigenvalue weighted by molar-refractivity contribution is 7.13. The molecule has 2 aromatic carbocycles. The van der Waals surface area contributed by atoms with Crippen LogP contribution in [0.4, 0.5) is 20.6 Å². The minimum Gasteiger partial charge on any atom is -0.324 e. The van der Waals surface area contributed by atoms with Gasteiger partial charge in [0.15, 0.2) is 0 Å². The lowest BCUT2D eigenvalue weighted by Crippen LogP contribution is -2.40. The molecule has 2 heterocycles. The van der Waals surface area contributed by atoms with E-state index in [0.29, 0.717) is 29.5 Å². The van der Waals surface area contributed by atoms with Crippen LogP contribution in [0.1, 0.15) is 39.1 Å². The van der Waals surface area contributed by atoms with Crippen molar-refractivity contribution in [1.82, 2.24) is 15.1 Å². The summed E-state index contributed by atoms with van der Waals surface area (Å²) in [7, 11) is 0. The first kappa shape index (κ1) is 22.2. The van der Waals surface area contributed by atoms with Crippen LogP contribution in [-0.2, 0) is 0 Å². The van der Waals surface area contributed by atoms with Gasteiger partial charge in [0.25, 0.3) is 5.91 Å². The summed E-state index contributed by atoms with van der Waals surface area (Å²) < 4.78 is 13.0. The Morgan fingerprint density at radius 2 is 1.75 bits per heavy atom. The minimum atomic E-state index is -0.381. The summed E-state index contributed by atoms with van der Waals surface area (Å²) in [6.07, 6.45) is 1.46. The third-order valence-electron chi connectivity index (χ3n) is 5.29. The Labute approximate surface area is 193 Å². The number of aryl methyl sites for hydroxylation is 1. The maximum Gasteiger partial charge on any atom is 0.321 e. The van der Waals surface area contributed by atoms with Gasteiger partial charge in [0.05, 0.1) is 0 Å². The molecular formula is C22H21ClFN5O2S. The molecule has 1 fully saturated rings. The quantitative estimate of drug-likeness (QED) is 0.538. The zero-order chi connectivity index (χ0) is 22.7. The smallest absolute Gasteiger partial charge is 0.321 e. The van der Waals surface area contributed by atoms with Gasteiger partial charge >= 0.3 is 6.03 Å². The lowest BCUT2D eigenvalue weighted by atomic mass is 9.98. The minimum absolute atomic E-state index is 0.137. The summed E-state index contributed by atoms with van der Waals surface area (Å²) in [4.78, 5) is 26.7. The number of urea groups is 1. The normalized spacial score (nSPS) is 14.3. The van der Waals surface area contributed by atoms with E-state index in [1.54, 1.807) is 11.0 Å². The number of amides is 3. The highest BCUT2D eigenvalue weighted by Gasteiger charge is 2.27. The van der Waals surface area contributed by atoms with Crippen LogP contribution < -0.4 is 10.6 Å². The first-order valence-corrected chi connectivity index (χ1v) is 11.3. The molecule has 1 aromatic heterocycles. The van der Waals surface area contributed by atoms with Crippen LogP contribution in [0.25, 0.3) is 0 Å². The van der Waals surface area contributed by atoms with Crippen molar-refractivity contribution in [1.29, 1.82) is 0 Å². The van der Waals surface area contributed by atoms with Crippen LogP contribution in [-0.4, -0.2) is 40.1 Å². The molecule has 2 N–H and O–H groups in total. The molecule has 7 nitrogen and oxygen atoms in total. The van der Waals surface area contributed by atoms with Gasteiger partial charge in [-0.1, -0.05) is 29.0 Å². The number of piperidine rings is 1. The molecule has 0 atom stereocenters. The number of anilines is 2. The summed E-state index contributed by atoms with van der Waals surface area (Å²) in [5.74, 6) is -0.615. The fourth-order valence-electron chi connectivity index (χ4n) is 3.41. The molecular weight excluding hydrogens is 453 g/mol. The standard InChI is InChI=1S/C22H21ClFN5O2S/c1-13-2-5-17(12-18(13)23)26-22(31)29-10-8-14(9-11-29)20-27-28-21(32-20)19(30)25-16-6-3-15(24)4-7-16/h2-7,12,14H,8-11H2,1H3,(H,25,30)(H,26,31).